The maximum Gasteiger partial charge on any atom is 0.272 e. The predicted octanol–water partition coefficient (Wildman–Crippen LogP) is 3.07. The third kappa shape index (κ3) is 5.25. The van der Waals surface area contributed by atoms with Gasteiger partial charge in [-0.1, -0.05) is 25.4 Å². The molecule has 0 saturated heterocycles. The van der Waals surface area contributed by atoms with Gasteiger partial charge in [-0.25, -0.2) is 9.37 Å². The number of aromatic nitrogens is 2. The van der Waals surface area contributed by atoms with Crippen LogP contribution in [0.4, 0.5) is 4.39 Å². The van der Waals surface area contributed by atoms with Crippen molar-refractivity contribution < 1.29 is 14.0 Å². The van der Waals surface area contributed by atoms with Crippen molar-refractivity contribution >= 4 is 23.4 Å². The summed E-state index contributed by atoms with van der Waals surface area (Å²) in [6, 6.07) is 3.62. The first kappa shape index (κ1) is 23.2. The van der Waals surface area contributed by atoms with Gasteiger partial charge in [-0.15, -0.1) is 0 Å². The highest BCUT2D eigenvalue weighted by molar-refractivity contribution is 6.30. The number of benzene rings is 1. The van der Waals surface area contributed by atoms with Crippen LogP contribution in [0.5, 0.6) is 0 Å². The summed E-state index contributed by atoms with van der Waals surface area (Å²) in [5, 5.41) is 5.82. The molecule has 2 N–H and O–H groups in total. The maximum atomic E-state index is 14.6. The largest absolute Gasteiger partial charge is 0.357 e. The van der Waals surface area contributed by atoms with Crippen LogP contribution in [0.2, 0.25) is 5.02 Å². The van der Waals surface area contributed by atoms with E-state index in [1.54, 1.807) is 7.05 Å². The number of imidazole rings is 1. The van der Waals surface area contributed by atoms with Crippen molar-refractivity contribution in [1.29, 1.82) is 0 Å². The molecule has 1 atom stereocenters. The Bertz CT molecular complexity index is 975. The number of hydrogen-bond donors (Lipinski definition) is 2. The molecule has 1 aliphatic rings. The molecule has 9 heteroatoms. The van der Waals surface area contributed by atoms with Crippen LogP contribution in [0.3, 0.4) is 0 Å². The first-order valence-corrected chi connectivity index (χ1v) is 10.8. The second-order valence-corrected chi connectivity index (χ2v) is 8.80. The summed E-state index contributed by atoms with van der Waals surface area (Å²) in [5.41, 5.74) is 1.16. The molecule has 3 rings (SSSR count). The first-order valence-electron chi connectivity index (χ1n) is 10.5. The van der Waals surface area contributed by atoms with Gasteiger partial charge in [-0.2, -0.15) is 0 Å². The molecular formula is C22H29ClFN5O2. The van der Waals surface area contributed by atoms with E-state index >= 15 is 0 Å². The molecule has 0 fully saturated rings. The summed E-state index contributed by atoms with van der Waals surface area (Å²) >= 11 is 6.11. The molecule has 1 aliphatic heterocycles. The molecule has 0 saturated carbocycles. The van der Waals surface area contributed by atoms with E-state index in [1.807, 2.05) is 25.5 Å². The minimum Gasteiger partial charge on any atom is -0.357 e. The topological polar surface area (TPSA) is 79.3 Å². The predicted molar refractivity (Wildman–Crippen MR) is 118 cm³/mol. The summed E-state index contributed by atoms with van der Waals surface area (Å²) in [5.74, 6) is -0.572. The Labute approximate surface area is 187 Å². The third-order valence-electron chi connectivity index (χ3n) is 5.37. The molecule has 2 heterocycles. The van der Waals surface area contributed by atoms with Crippen LogP contribution in [0.15, 0.2) is 18.2 Å². The number of nitrogens with zero attached hydrogens (tertiary/aromatic N) is 3. The Morgan fingerprint density at radius 2 is 2.03 bits per heavy atom. The van der Waals surface area contributed by atoms with Crippen LogP contribution in [-0.2, 0) is 17.9 Å². The second kappa shape index (κ2) is 9.78. The van der Waals surface area contributed by atoms with Crippen LogP contribution in [0.25, 0.3) is 11.4 Å². The number of halogens is 2. The molecule has 2 amide bonds. The van der Waals surface area contributed by atoms with Gasteiger partial charge in [-0.3, -0.25) is 9.59 Å². The fourth-order valence-corrected chi connectivity index (χ4v) is 4.05. The minimum atomic E-state index is -0.676. The molecule has 31 heavy (non-hydrogen) atoms. The van der Waals surface area contributed by atoms with Gasteiger partial charge < -0.3 is 20.1 Å². The number of carbonyl (C=O) groups is 2. The van der Waals surface area contributed by atoms with Gasteiger partial charge in [0, 0.05) is 25.2 Å². The van der Waals surface area contributed by atoms with E-state index in [1.165, 1.54) is 18.2 Å². The average Bonchev–Trinajstić information content (AvgIpc) is 2.94. The number of carbonyl (C=O) groups excluding carboxylic acids is 2. The van der Waals surface area contributed by atoms with E-state index in [0.29, 0.717) is 36.1 Å². The van der Waals surface area contributed by atoms with Gasteiger partial charge in [0.15, 0.2) is 5.69 Å². The van der Waals surface area contributed by atoms with Gasteiger partial charge in [-0.05, 0) is 50.6 Å². The van der Waals surface area contributed by atoms with Crippen LogP contribution >= 0.6 is 11.6 Å². The highest BCUT2D eigenvalue weighted by Gasteiger charge is 2.29. The SMILES string of the molecule is CNC(=O)[C@H](CC(C)C)NC(=O)c1nc(-c2cc(Cl)ccc2F)n2c1CN(C)CCC2. The molecule has 0 bridgehead atoms. The number of rotatable bonds is 6. The highest BCUT2D eigenvalue weighted by atomic mass is 35.5. The van der Waals surface area contributed by atoms with E-state index in [4.69, 9.17) is 11.6 Å². The van der Waals surface area contributed by atoms with Crippen molar-refractivity contribution in [3.63, 3.8) is 0 Å². The normalized spacial score (nSPS) is 15.3. The fourth-order valence-electron chi connectivity index (χ4n) is 3.88. The molecule has 0 unspecified atom stereocenters. The van der Waals surface area contributed by atoms with Crippen LogP contribution in [0, 0.1) is 11.7 Å². The lowest BCUT2D eigenvalue weighted by Crippen LogP contribution is -2.46. The zero-order valence-electron chi connectivity index (χ0n) is 18.3. The molecular weight excluding hydrogens is 421 g/mol. The van der Waals surface area contributed by atoms with Crippen LogP contribution in [0.1, 0.15) is 42.9 Å². The quantitative estimate of drug-likeness (QED) is 0.710. The van der Waals surface area contributed by atoms with E-state index in [2.05, 4.69) is 20.5 Å². The first-order chi connectivity index (χ1) is 14.7. The lowest BCUT2D eigenvalue weighted by Gasteiger charge is -2.19. The Morgan fingerprint density at radius 3 is 2.71 bits per heavy atom. The van der Waals surface area contributed by atoms with Crippen molar-refractivity contribution in [1.82, 2.24) is 25.1 Å². The molecule has 168 valence electrons. The molecule has 7 nitrogen and oxygen atoms in total. The zero-order valence-corrected chi connectivity index (χ0v) is 19.1. The van der Waals surface area contributed by atoms with Crippen molar-refractivity contribution in [3.05, 3.63) is 40.4 Å². The Morgan fingerprint density at radius 1 is 1.29 bits per heavy atom. The third-order valence-corrected chi connectivity index (χ3v) is 5.61. The maximum absolute atomic E-state index is 14.6. The van der Waals surface area contributed by atoms with E-state index in [9.17, 15) is 14.0 Å². The Balaban J connectivity index is 2.05. The average molecular weight is 450 g/mol. The van der Waals surface area contributed by atoms with Gasteiger partial charge in [0.05, 0.1) is 11.3 Å². The molecule has 2 aromatic rings. The summed E-state index contributed by atoms with van der Waals surface area (Å²) in [6.45, 7) is 5.91. The summed E-state index contributed by atoms with van der Waals surface area (Å²) in [4.78, 5) is 32.2. The molecule has 1 aromatic carbocycles. The second-order valence-electron chi connectivity index (χ2n) is 8.37. The zero-order chi connectivity index (χ0) is 22.7. The smallest absolute Gasteiger partial charge is 0.272 e. The minimum absolute atomic E-state index is 0.209. The molecule has 0 aliphatic carbocycles. The van der Waals surface area contributed by atoms with E-state index in [-0.39, 0.29) is 23.1 Å². The molecule has 0 spiro atoms. The van der Waals surface area contributed by atoms with Crippen molar-refractivity contribution in [2.45, 2.75) is 45.8 Å². The van der Waals surface area contributed by atoms with Gasteiger partial charge in [0.1, 0.15) is 17.7 Å². The standard InChI is InChI=1S/C22H29ClFN5O2/c1-13(2)10-17(21(30)25-3)26-22(31)19-18-12-28(4)8-5-9-29(18)20(27-19)15-11-14(23)6-7-16(15)24/h6-7,11,13,17H,5,8-10,12H2,1-4H3,(H,25,30)(H,26,31)/t17-/m0/s1. The summed E-state index contributed by atoms with van der Waals surface area (Å²) < 4.78 is 16.5. The van der Waals surface area contributed by atoms with Gasteiger partial charge in [0.25, 0.3) is 5.91 Å². The van der Waals surface area contributed by atoms with E-state index in [0.717, 1.165) is 13.0 Å². The summed E-state index contributed by atoms with van der Waals surface area (Å²) in [6.07, 6.45) is 1.33. The van der Waals surface area contributed by atoms with Crippen LogP contribution < -0.4 is 10.6 Å². The van der Waals surface area contributed by atoms with Crippen molar-refractivity contribution in [3.8, 4) is 11.4 Å². The monoisotopic (exact) mass is 449 g/mol. The van der Waals surface area contributed by atoms with Crippen molar-refractivity contribution in [2.75, 3.05) is 20.6 Å². The van der Waals surface area contributed by atoms with Crippen molar-refractivity contribution in [2.24, 2.45) is 5.92 Å². The number of amides is 2. The molecule has 1 aromatic heterocycles. The highest BCUT2D eigenvalue weighted by Crippen LogP contribution is 2.30. The fraction of sp³-hybridized carbons (Fsp3) is 0.500. The number of fused-ring (bicyclic) bond motifs is 1. The lowest BCUT2D eigenvalue weighted by molar-refractivity contribution is -0.122. The lowest BCUT2D eigenvalue weighted by atomic mass is 10.0. The summed E-state index contributed by atoms with van der Waals surface area (Å²) in [7, 11) is 3.51. The van der Waals surface area contributed by atoms with Gasteiger partial charge in [0.2, 0.25) is 5.91 Å². The van der Waals surface area contributed by atoms with E-state index < -0.39 is 17.8 Å². The number of hydrogen-bond acceptors (Lipinski definition) is 4. The Kier molecular flexibility index (Phi) is 7.33. The number of likely N-dealkylation sites (N-methyl/N-ethyl adjacent to an activating group) is 1. The molecule has 0 radical (unpaired) electrons. The van der Waals surface area contributed by atoms with Crippen LogP contribution in [-0.4, -0.2) is 52.9 Å². The number of nitrogens with one attached hydrogen (secondary N) is 2. The van der Waals surface area contributed by atoms with Gasteiger partial charge >= 0.3 is 0 Å². The Hall–Kier alpha value is -2.45.